The summed E-state index contributed by atoms with van der Waals surface area (Å²) in [6, 6.07) is 15.2. The van der Waals surface area contributed by atoms with E-state index in [4.69, 9.17) is 4.74 Å². The minimum Gasteiger partial charge on any atom is -0.480 e. The van der Waals surface area contributed by atoms with Gasteiger partial charge in [-0.15, -0.1) is 0 Å². The summed E-state index contributed by atoms with van der Waals surface area (Å²) in [6.07, 6.45) is -0.334. The molecular weight excluding hydrogens is 331 g/mol. The highest BCUT2D eigenvalue weighted by atomic mass is 16.6. The second-order valence-corrected chi connectivity index (χ2v) is 6.99. The lowest BCUT2D eigenvalue weighted by Gasteiger charge is -2.18. The molecule has 0 aromatic heterocycles. The van der Waals surface area contributed by atoms with Crippen LogP contribution >= 0.6 is 0 Å². The lowest BCUT2D eigenvalue weighted by molar-refractivity contribution is -0.139. The Hall–Kier alpha value is -2.82. The standard InChI is InChI=1S/C21H23NO4/c1-13(2)11-19(20(23)24)22-21(25)26-12-18-16-9-5-3-7-14(16)15-8-4-6-10-17(15)18/h3-10,13,18-19H,11-12H2,1-2H3,(H,22,25)(H,23,24)/i22+1. The number of carboxylic acid groups (broad SMARTS) is 1. The van der Waals surface area contributed by atoms with Gasteiger partial charge in [-0.3, -0.25) is 0 Å². The number of amides is 1. The molecule has 1 amide bonds. The van der Waals surface area contributed by atoms with Gasteiger partial charge in [-0.05, 0) is 34.6 Å². The number of ether oxygens (including phenoxy) is 1. The van der Waals surface area contributed by atoms with Crippen LogP contribution in [0.4, 0.5) is 4.79 Å². The lowest BCUT2D eigenvalue weighted by Crippen LogP contribution is -2.42. The van der Waals surface area contributed by atoms with E-state index in [1.54, 1.807) is 0 Å². The number of carbonyl (C=O) groups is 2. The summed E-state index contributed by atoms with van der Waals surface area (Å²) >= 11 is 0. The Morgan fingerprint density at radius 3 is 2.08 bits per heavy atom. The number of hydrogen-bond donors (Lipinski definition) is 2. The van der Waals surface area contributed by atoms with Gasteiger partial charge in [0, 0.05) is 5.92 Å². The number of carbonyl (C=O) groups excluding carboxylic acids is 1. The van der Waals surface area contributed by atoms with E-state index in [0.29, 0.717) is 6.42 Å². The van der Waals surface area contributed by atoms with Gasteiger partial charge in [0.15, 0.2) is 0 Å². The van der Waals surface area contributed by atoms with Crippen molar-refractivity contribution in [2.45, 2.75) is 32.2 Å². The summed E-state index contributed by atoms with van der Waals surface area (Å²) in [5.41, 5.74) is 4.55. The summed E-state index contributed by atoms with van der Waals surface area (Å²) in [4.78, 5) is 23.4. The Morgan fingerprint density at radius 2 is 1.58 bits per heavy atom. The quantitative estimate of drug-likeness (QED) is 0.768. The molecule has 0 bridgehead atoms. The molecule has 0 aliphatic heterocycles. The SMILES string of the molecule is CC(C)CC([15NH]C(=O)OCC1c2ccccc2-c2ccccc21)C(=O)O. The number of alkyl carbamates (subject to hydrolysis) is 1. The fourth-order valence-electron chi connectivity index (χ4n) is 3.48. The van der Waals surface area contributed by atoms with E-state index in [1.165, 1.54) is 0 Å². The summed E-state index contributed by atoms with van der Waals surface area (Å²) in [7, 11) is 0. The zero-order valence-corrected chi connectivity index (χ0v) is 14.9. The molecule has 5 heteroatoms. The van der Waals surface area contributed by atoms with E-state index in [2.05, 4.69) is 17.4 Å². The van der Waals surface area contributed by atoms with Gasteiger partial charge in [-0.2, -0.15) is 0 Å². The van der Waals surface area contributed by atoms with E-state index in [9.17, 15) is 14.7 Å². The Morgan fingerprint density at radius 1 is 1.04 bits per heavy atom. The predicted octanol–water partition coefficient (Wildman–Crippen LogP) is 4.02. The van der Waals surface area contributed by atoms with E-state index >= 15 is 0 Å². The highest BCUT2D eigenvalue weighted by Gasteiger charge is 2.29. The molecule has 1 aliphatic rings. The minimum atomic E-state index is -1.05. The number of hydrogen-bond acceptors (Lipinski definition) is 3. The molecule has 0 saturated heterocycles. The second kappa shape index (κ2) is 7.60. The zero-order chi connectivity index (χ0) is 18.7. The molecule has 1 unspecified atom stereocenters. The van der Waals surface area contributed by atoms with Crippen molar-refractivity contribution in [1.82, 2.24) is 5.32 Å². The van der Waals surface area contributed by atoms with Crippen LogP contribution in [0.3, 0.4) is 0 Å². The third-order valence-corrected chi connectivity index (χ3v) is 4.64. The van der Waals surface area contributed by atoms with Crippen molar-refractivity contribution in [3.05, 3.63) is 59.7 Å². The Balaban J connectivity index is 1.70. The van der Waals surface area contributed by atoms with Crippen molar-refractivity contribution < 1.29 is 19.4 Å². The molecule has 0 spiro atoms. The van der Waals surface area contributed by atoms with Crippen LogP contribution in [0.15, 0.2) is 48.5 Å². The molecule has 136 valence electrons. The van der Waals surface area contributed by atoms with E-state index in [-0.39, 0.29) is 18.4 Å². The number of carboxylic acids is 1. The molecular formula is C21H23NO4. The number of rotatable bonds is 6. The molecule has 2 N–H and O–H groups in total. The van der Waals surface area contributed by atoms with Crippen molar-refractivity contribution in [3.63, 3.8) is 0 Å². The maximum atomic E-state index is 12.1. The molecule has 2 aromatic rings. The van der Waals surface area contributed by atoms with Crippen LogP contribution in [0.2, 0.25) is 0 Å². The van der Waals surface area contributed by atoms with E-state index < -0.39 is 18.1 Å². The average Bonchev–Trinajstić information content (AvgIpc) is 2.93. The molecule has 0 radical (unpaired) electrons. The lowest BCUT2D eigenvalue weighted by atomic mass is 9.98. The highest BCUT2D eigenvalue weighted by Crippen LogP contribution is 2.44. The molecule has 5 nitrogen and oxygen atoms in total. The number of benzene rings is 2. The van der Waals surface area contributed by atoms with Crippen LogP contribution in [0.5, 0.6) is 0 Å². The normalized spacial score (nSPS) is 13.8. The Bertz CT molecular complexity index is 770. The van der Waals surface area contributed by atoms with Crippen molar-refractivity contribution >= 4 is 12.1 Å². The largest absolute Gasteiger partial charge is 0.480 e. The van der Waals surface area contributed by atoms with Crippen LogP contribution in [0.25, 0.3) is 11.1 Å². The van der Waals surface area contributed by atoms with Gasteiger partial charge < -0.3 is 15.2 Å². The topological polar surface area (TPSA) is 75.6 Å². The van der Waals surface area contributed by atoms with Gasteiger partial charge in [-0.1, -0.05) is 62.4 Å². The van der Waals surface area contributed by atoms with Gasteiger partial charge in [0.05, 0.1) is 0 Å². The van der Waals surface area contributed by atoms with Crippen molar-refractivity contribution in [1.29, 1.82) is 0 Å². The molecule has 0 fully saturated rings. The van der Waals surface area contributed by atoms with Crippen LogP contribution in [-0.4, -0.2) is 29.8 Å². The zero-order valence-electron chi connectivity index (χ0n) is 14.9. The van der Waals surface area contributed by atoms with Crippen molar-refractivity contribution in [2.24, 2.45) is 5.92 Å². The number of nitrogens with one attached hydrogen (secondary N) is 1. The first-order chi connectivity index (χ1) is 12.5. The third kappa shape index (κ3) is 3.72. The van der Waals surface area contributed by atoms with Crippen LogP contribution in [0, 0.1) is 5.92 Å². The highest BCUT2D eigenvalue weighted by molar-refractivity contribution is 5.81. The Kier molecular flexibility index (Phi) is 5.26. The van der Waals surface area contributed by atoms with Gasteiger partial charge in [0.1, 0.15) is 12.6 Å². The van der Waals surface area contributed by atoms with Crippen molar-refractivity contribution in [2.75, 3.05) is 6.61 Å². The third-order valence-electron chi connectivity index (χ3n) is 4.64. The van der Waals surface area contributed by atoms with E-state index in [1.807, 2.05) is 50.2 Å². The summed E-state index contributed by atoms with van der Waals surface area (Å²) in [5, 5.41) is 11.7. The van der Waals surface area contributed by atoms with Crippen LogP contribution in [-0.2, 0) is 9.53 Å². The first-order valence-electron chi connectivity index (χ1n) is 8.81. The van der Waals surface area contributed by atoms with Gasteiger partial charge in [0.2, 0.25) is 0 Å². The first kappa shape index (κ1) is 18.0. The Labute approximate surface area is 153 Å². The monoisotopic (exact) mass is 354 g/mol. The predicted molar refractivity (Wildman–Crippen MR) is 99.1 cm³/mol. The second-order valence-electron chi connectivity index (χ2n) is 6.99. The van der Waals surface area contributed by atoms with Crippen molar-refractivity contribution in [3.8, 4) is 11.1 Å². The number of aliphatic carboxylic acids is 1. The minimum absolute atomic E-state index is 0.0403. The summed E-state index contributed by atoms with van der Waals surface area (Å²) < 4.78 is 5.39. The summed E-state index contributed by atoms with van der Waals surface area (Å²) in [5.74, 6) is -0.932. The number of fused-ring (bicyclic) bond motifs is 3. The molecule has 2 aromatic carbocycles. The van der Waals surface area contributed by atoms with Gasteiger partial charge in [0.25, 0.3) is 0 Å². The smallest absolute Gasteiger partial charge is 0.407 e. The maximum Gasteiger partial charge on any atom is 0.407 e. The fraction of sp³-hybridized carbons (Fsp3) is 0.333. The molecule has 3 rings (SSSR count). The van der Waals surface area contributed by atoms with E-state index in [0.717, 1.165) is 22.3 Å². The molecule has 0 heterocycles. The molecule has 1 aliphatic carbocycles. The average molecular weight is 354 g/mol. The first-order valence-corrected chi connectivity index (χ1v) is 8.81. The van der Waals surface area contributed by atoms with Gasteiger partial charge >= 0.3 is 12.1 Å². The fourth-order valence-corrected chi connectivity index (χ4v) is 3.48. The molecule has 0 saturated carbocycles. The molecule has 26 heavy (non-hydrogen) atoms. The molecule has 1 atom stereocenters. The van der Waals surface area contributed by atoms with Crippen LogP contribution in [0.1, 0.15) is 37.3 Å². The summed E-state index contributed by atoms with van der Waals surface area (Å²) in [6.45, 7) is 4.00. The van der Waals surface area contributed by atoms with Gasteiger partial charge in [-0.25, -0.2) is 9.59 Å². The van der Waals surface area contributed by atoms with Crippen LogP contribution < -0.4 is 5.32 Å². The maximum absolute atomic E-state index is 12.1.